The molecule has 2 heterocycles. The van der Waals surface area contributed by atoms with E-state index in [-0.39, 0.29) is 11.7 Å². The maximum Gasteiger partial charge on any atom is 0.166 e. The Morgan fingerprint density at radius 3 is 3.00 bits per heavy atom. The predicted molar refractivity (Wildman–Crippen MR) is 69.5 cm³/mol. The number of hydrogen-bond acceptors (Lipinski definition) is 4. The van der Waals surface area contributed by atoms with E-state index in [1.165, 1.54) is 25.7 Å². The van der Waals surface area contributed by atoms with Gasteiger partial charge in [-0.2, -0.15) is 0 Å². The van der Waals surface area contributed by atoms with Crippen molar-refractivity contribution in [3.05, 3.63) is 18.3 Å². The van der Waals surface area contributed by atoms with Crippen molar-refractivity contribution in [3.8, 4) is 5.75 Å². The maximum atomic E-state index is 6.01. The Bertz CT molecular complexity index is 416. The summed E-state index contributed by atoms with van der Waals surface area (Å²) in [5.41, 5.74) is 5.90. The molecule has 1 aliphatic carbocycles. The summed E-state index contributed by atoms with van der Waals surface area (Å²) < 4.78 is 12.0. The average Bonchev–Trinajstić information content (AvgIpc) is 2.80. The molecule has 1 aromatic rings. The minimum Gasteiger partial charge on any atom is -0.486 e. The number of nitrogen functional groups attached to an aromatic ring is 1. The standard InChI is InChI=1S/C14H20N2O2/c15-13-12(4-3-8-16-13)18-11-5-9-17-14(10-11)6-1-2-7-14/h3-4,8,11H,1-2,5-7,9-10H2,(H2,15,16). The molecule has 1 aliphatic heterocycles. The summed E-state index contributed by atoms with van der Waals surface area (Å²) in [4.78, 5) is 4.06. The van der Waals surface area contributed by atoms with Crippen molar-refractivity contribution in [1.82, 2.24) is 4.98 Å². The van der Waals surface area contributed by atoms with Gasteiger partial charge in [-0.05, 0) is 25.0 Å². The third kappa shape index (κ3) is 2.29. The summed E-state index contributed by atoms with van der Waals surface area (Å²) >= 11 is 0. The van der Waals surface area contributed by atoms with Gasteiger partial charge in [0.1, 0.15) is 6.10 Å². The first-order chi connectivity index (χ1) is 8.77. The molecule has 0 aromatic carbocycles. The lowest BCUT2D eigenvalue weighted by Crippen LogP contribution is -2.41. The van der Waals surface area contributed by atoms with Crippen molar-refractivity contribution in [1.29, 1.82) is 0 Å². The van der Waals surface area contributed by atoms with E-state index >= 15 is 0 Å². The fourth-order valence-electron chi connectivity index (χ4n) is 3.13. The molecule has 2 fully saturated rings. The Morgan fingerprint density at radius 1 is 1.39 bits per heavy atom. The highest BCUT2D eigenvalue weighted by molar-refractivity contribution is 5.44. The normalized spacial score (nSPS) is 26.3. The number of anilines is 1. The summed E-state index contributed by atoms with van der Waals surface area (Å²) in [7, 11) is 0. The molecule has 4 nitrogen and oxygen atoms in total. The fraction of sp³-hybridized carbons (Fsp3) is 0.643. The highest BCUT2D eigenvalue weighted by Crippen LogP contribution is 2.41. The summed E-state index contributed by atoms with van der Waals surface area (Å²) in [6.45, 7) is 0.796. The van der Waals surface area contributed by atoms with Crippen LogP contribution in [0.25, 0.3) is 0 Å². The van der Waals surface area contributed by atoms with Gasteiger partial charge in [0.2, 0.25) is 0 Å². The topological polar surface area (TPSA) is 57.4 Å². The molecule has 0 amide bonds. The summed E-state index contributed by atoms with van der Waals surface area (Å²) in [6.07, 6.45) is 8.74. The Labute approximate surface area is 107 Å². The molecule has 1 aromatic heterocycles. The number of ether oxygens (including phenoxy) is 2. The van der Waals surface area contributed by atoms with Gasteiger partial charge in [0.15, 0.2) is 11.6 Å². The number of nitrogens with zero attached hydrogens (tertiary/aromatic N) is 1. The molecule has 98 valence electrons. The lowest BCUT2D eigenvalue weighted by Gasteiger charge is -2.38. The highest BCUT2D eigenvalue weighted by atomic mass is 16.5. The van der Waals surface area contributed by atoms with Crippen molar-refractivity contribution in [2.75, 3.05) is 12.3 Å². The molecule has 1 unspecified atom stereocenters. The first kappa shape index (κ1) is 11.8. The molecule has 2 N–H and O–H groups in total. The van der Waals surface area contributed by atoms with Crippen LogP contribution in [0.2, 0.25) is 0 Å². The number of hydrogen-bond donors (Lipinski definition) is 1. The highest BCUT2D eigenvalue weighted by Gasteiger charge is 2.40. The number of rotatable bonds is 2. The lowest BCUT2D eigenvalue weighted by molar-refractivity contribution is -0.108. The molecule has 1 spiro atoms. The third-order valence-corrected chi connectivity index (χ3v) is 4.06. The molecule has 0 bridgehead atoms. The van der Waals surface area contributed by atoms with E-state index in [1.807, 2.05) is 12.1 Å². The van der Waals surface area contributed by atoms with Crippen LogP contribution >= 0.6 is 0 Å². The number of pyridine rings is 1. The number of aromatic nitrogens is 1. The molecule has 1 atom stereocenters. The summed E-state index contributed by atoms with van der Waals surface area (Å²) in [6, 6.07) is 3.75. The Kier molecular flexibility index (Phi) is 3.12. The van der Waals surface area contributed by atoms with Gasteiger partial charge in [-0.1, -0.05) is 12.8 Å². The molecule has 2 aliphatic rings. The van der Waals surface area contributed by atoms with Gasteiger partial charge >= 0.3 is 0 Å². The molecule has 3 rings (SSSR count). The number of nitrogens with two attached hydrogens (primary N) is 1. The summed E-state index contributed by atoms with van der Waals surface area (Å²) in [5.74, 6) is 1.18. The van der Waals surface area contributed by atoms with Crippen LogP contribution < -0.4 is 10.5 Å². The van der Waals surface area contributed by atoms with Crippen molar-refractivity contribution in [2.45, 2.75) is 50.2 Å². The zero-order valence-electron chi connectivity index (χ0n) is 10.6. The van der Waals surface area contributed by atoms with Crippen LogP contribution in [0, 0.1) is 0 Å². The van der Waals surface area contributed by atoms with Crippen molar-refractivity contribution in [3.63, 3.8) is 0 Å². The van der Waals surface area contributed by atoms with E-state index in [4.69, 9.17) is 15.2 Å². The van der Waals surface area contributed by atoms with Gasteiger partial charge in [0, 0.05) is 19.0 Å². The van der Waals surface area contributed by atoms with Gasteiger partial charge in [0.05, 0.1) is 12.2 Å². The van der Waals surface area contributed by atoms with E-state index in [9.17, 15) is 0 Å². The zero-order valence-corrected chi connectivity index (χ0v) is 10.6. The summed E-state index contributed by atoms with van der Waals surface area (Å²) in [5, 5.41) is 0. The fourth-order valence-corrected chi connectivity index (χ4v) is 3.13. The van der Waals surface area contributed by atoms with Crippen LogP contribution in [0.3, 0.4) is 0 Å². The third-order valence-electron chi connectivity index (χ3n) is 4.06. The Morgan fingerprint density at radius 2 is 2.22 bits per heavy atom. The molecular weight excluding hydrogens is 228 g/mol. The van der Waals surface area contributed by atoms with Crippen molar-refractivity contribution < 1.29 is 9.47 Å². The quantitative estimate of drug-likeness (QED) is 0.873. The van der Waals surface area contributed by atoms with Gasteiger partial charge < -0.3 is 15.2 Å². The molecule has 1 saturated carbocycles. The van der Waals surface area contributed by atoms with E-state index in [0.29, 0.717) is 11.6 Å². The van der Waals surface area contributed by atoms with E-state index in [1.54, 1.807) is 6.20 Å². The van der Waals surface area contributed by atoms with Crippen LogP contribution in [0.1, 0.15) is 38.5 Å². The van der Waals surface area contributed by atoms with Crippen LogP contribution in [0.15, 0.2) is 18.3 Å². The lowest BCUT2D eigenvalue weighted by atomic mass is 9.90. The molecule has 4 heteroatoms. The van der Waals surface area contributed by atoms with E-state index in [2.05, 4.69) is 4.98 Å². The van der Waals surface area contributed by atoms with Gasteiger partial charge in [0.25, 0.3) is 0 Å². The van der Waals surface area contributed by atoms with Crippen molar-refractivity contribution in [2.24, 2.45) is 0 Å². The average molecular weight is 248 g/mol. The minimum absolute atomic E-state index is 0.0832. The molecule has 18 heavy (non-hydrogen) atoms. The smallest absolute Gasteiger partial charge is 0.166 e. The zero-order chi connectivity index (χ0) is 12.4. The monoisotopic (exact) mass is 248 g/mol. The van der Waals surface area contributed by atoms with E-state index in [0.717, 1.165) is 19.4 Å². The Hall–Kier alpha value is -1.29. The van der Waals surface area contributed by atoms with Crippen LogP contribution in [0.5, 0.6) is 5.75 Å². The van der Waals surface area contributed by atoms with Crippen LogP contribution in [-0.4, -0.2) is 23.3 Å². The largest absolute Gasteiger partial charge is 0.486 e. The molecular formula is C14H20N2O2. The first-order valence-electron chi connectivity index (χ1n) is 6.79. The van der Waals surface area contributed by atoms with Crippen LogP contribution in [-0.2, 0) is 4.74 Å². The maximum absolute atomic E-state index is 6.01. The van der Waals surface area contributed by atoms with Crippen LogP contribution in [0.4, 0.5) is 5.82 Å². The first-order valence-corrected chi connectivity index (χ1v) is 6.79. The second-order valence-corrected chi connectivity index (χ2v) is 5.36. The predicted octanol–water partition coefficient (Wildman–Crippen LogP) is 2.53. The second kappa shape index (κ2) is 4.76. The SMILES string of the molecule is Nc1ncccc1OC1CCOC2(CCCC2)C1. The van der Waals surface area contributed by atoms with Crippen molar-refractivity contribution >= 4 is 5.82 Å². The molecule has 0 radical (unpaired) electrons. The second-order valence-electron chi connectivity index (χ2n) is 5.36. The van der Waals surface area contributed by atoms with Gasteiger partial charge in [-0.15, -0.1) is 0 Å². The Balaban J connectivity index is 1.68. The van der Waals surface area contributed by atoms with E-state index < -0.39 is 0 Å². The minimum atomic E-state index is 0.0832. The molecule has 1 saturated heterocycles. The van der Waals surface area contributed by atoms with Gasteiger partial charge in [-0.3, -0.25) is 0 Å². The van der Waals surface area contributed by atoms with Gasteiger partial charge in [-0.25, -0.2) is 4.98 Å².